The molecule has 0 bridgehead atoms. The molecule has 0 aromatic heterocycles. The van der Waals surface area contributed by atoms with Crippen LogP contribution in [0.15, 0.2) is 0 Å². The Bertz CT molecular complexity index is 453. The van der Waals surface area contributed by atoms with Crippen LogP contribution in [-0.4, -0.2) is 61.7 Å². The summed E-state index contributed by atoms with van der Waals surface area (Å²) in [4.78, 5) is 25.0. The van der Waals surface area contributed by atoms with Gasteiger partial charge in [0.1, 0.15) is 5.60 Å². The molecule has 0 unspecified atom stereocenters. The minimum absolute atomic E-state index is 0.00431. The van der Waals surface area contributed by atoms with E-state index in [0.29, 0.717) is 39.3 Å². The lowest BCUT2D eigenvalue weighted by atomic mass is 9.86. The van der Waals surface area contributed by atoms with Crippen LogP contribution < -0.4 is 5.32 Å². The van der Waals surface area contributed by atoms with Crippen LogP contribution in [0, 0.1) is 11.3 Å². The Hall–Kier alpha value is -1.18. The average Bonchev–Trinajstić information content (AvgIpc) is 2.54. The molecule has 0 saturated carbocycles. The highest BCUT2D eigenvalue weighted by molar-refractivity contribution is 5.84. The second-order valence-electron chi connectivity index (χ2n) is 9.05. The lowest BCUT2D eigenvalue weighted by Gasteiger charge is -2.31. The van der Waals surface area contributed by atoms with Crippen molar-refractivity contribution in [2.45, 2.75) is 79.4 Å². The van der Waals surface area contributed by atoms with E-state index in [1.54, 1.807) is 20.8 Å². The smallest absolute Gasteiger partial charge is 0.307 e. The summed E-state index contributed by atoms with van der Waals surface area (Å²) in [6, 6.07) is -0.386. The first-order valence-corrected chi connectivity index (χ1v) is 10.2. The van der Waals surface area contributed by atoms with E-state index >= 15 is 0 Å². The summed E-state index contributed by atoms with van der Waals surface area (Å²) in [5.41, 5.74) is -0.886. The minimum atomic E-state index is -0.598. The fraction of sp³-hybridized carbons (Fsp3) is 0.905. The minimum Gasteiger partial charge on any atom is -0.460 e. The van der Waals surface area contributed by atoms with Crippen molar-refractivity contribution in [1.29, 1.82) is 0 Å². The first-order chi connectivity index (χ1) is 12.9. The first kappa shape index (κ1) is 26.8. The fourth-order valence-corrected chi connectivity index (χ4v) is 2.53. The summed E-state index contributed by atoms with van der Waals surface area (Å²) >= 11 is 0. The highest BCUT2D eigenvalue weighted by atomic mass is 16.6. The zero-order chi connectivity index (χ0) is 21.8. The van der Waals surface area contributed by atoms with E-state index in [9.17, 15) is 14.7 Å². The number of carbonyl (C=O) groups is 2. The predicted octanol–water partition coefficient (Wildman–Crippen LogP) is 2.69. The quantitative estimate of drug-likeness (QED) is 0.363. The lowest BCUT2D eigenvalue weighted by Crippen LogP contribution is -2.48. The molecule has 0 aliphatic rings. The molecule has 0 fully saturated rings. The van der Waals surface area contributed by atoms with Crippen molar-refractivity contribution in [1.82, 2.24) is 5.32 Å². The van der Waals surface area contributed by atoms with Gasteiger partial charge in [-0.1, -0.05) is 20.8 Å². The van der Waals surface area contributed by atoms with Gasteiger partial charge in [-0.05, 0) is 46.0 Å². The van der Waals surface area contributed by atoms with Crippen molar-refractivity contribution in [3.05, 3.63) is 0 Å². The molecule has 2 N–H and O–H groups in total. The van der Waals surface area contributed by atoms with Gasteiger partial charge in [-0.2, -0.15) is 0 Å². The third-order valence-corrected chi connectivity index (χ3v) is 4.17. The molecule has 0 radical (unpaired) electrons. The fourth-order valence-electron chi connectivity index (χ4n) is 2.53. The van der Waals surface area contributed by atoms with E-state index < -0.39 is 17.5 Å². The lowest BCUT2D eigenvalue weighted by molar-refractivity contribution is -0.157. The van der Waals surface area contributed by atoms with Gasteiger partial charge in [0.05, 0.1) is 32.3 Å². The van der Waals surface area contributed by atoms with Gasteiger partial charge in [0.25, 0.3) is 0 Å². The topological polar surface area (TPSA) is 94.1 Å². The summed E-state index contributed by atoms with van der Waals surface area (Å²) in [5.74, 6) is -1.17. The Kier molecular flexibility index (Phi) is 12.6. The van der Waals surface area contributed by atoms with Crippen molar-refractivity contribution in [3.63, 3.8) is 0 Å². The molecule has 0 aliphatic heterocycles. The molecule has 7 heteroatoms. The van der Waals surface area contributed by atoms with Crippen LogP contribution in [0.4, 0.5) is 0 Å². The van der Waals surface area contributed by atoms with Crippen LogP contribution in [0.2, 0.25) is 0 Å². The number of amides is 1. The van der Waals surface area contributed by atoms with Gasteiger partial charge in [-0.3, -0.25) is 9.59 Å². The Morgan fingerprint density at radius 3 is 2.11 bits per heavy atom. The normalized spacial score (nSPS) is 14.4. The van der Waals surface area contributed by atoms with Gasteiger partial charge >= 0.3 is 5.97 Å². The highest BCUT2D eigenvalue weighted by Gasteiger charge is 2.30. The van der Waals surface area contributed by atoms with E-state index in [2.05, 4.69) is 5.32 Å². The predicted molar refractivity (Wildman–Crippen MR) is 109 cm³/mol. The van der Waals surface area contributed by atoms with E-state index in [4.69, 9.17) is 14.2 Å². The van der Waals surface area contributed by atoms with Crippen LogP contribution in [0.1, 0.15) is 67.7 Å². The Morgan fingerprint density at radius 2 is 1.61 bits per heavy atom. The third kappa shape index (κ3) is 13.1. The molecule has 7 nitrogen and oxygen atoms in total. The maximum atomic E-state index is 12.8. The summed E-state index contributed by atoms with van der Waals surface area (Å²) < 4.78 is 16.1. The largest absolute Gasteiger partial charge is 0.460 e. The second-order valence-corrected chi connectivity index (χ2v) is 9.05. The zero-order valence-corrected chi connectivity index (χ0v) is 18.8. The molecule has 0 spiro atoms. The maximum Gasteiger partial charge on any atom is 0.307 e. The molecule has 1 amide bonds. The van der Waals surface area contributed by atoms with Crippen LogP contribution >= 0.6 is 0 Å². The number of esters is 1. The molecule has 2 atom stereocenters. The molecule has 0 aliphatic carbocycles. The highest BCUT2D eigenvalue weighted by Crippen LogP contribution is 2.21. The summed E-state index contributed by atoms with van der Waals surface area (Å²) in [5, 5.41) is 12.5. The van der Waals surface area contributed by atoms with E-state index in [1.807, 2.05) is 27.7 Å². The van der Waals surface area contributed by atoms with Crippen molar-refractivity contribution in [2.75, 3.05) is 33.0 Å². The van der Waals surface area contributed by atoms with E-state index in [1.165, 1.54) is 0 Å². The Balaban J connectivity index is 4.78. The Labute approximate surface area is 170 Å². The molecule has 0 aromatic carbocycles. The van der Waals surface area contributed by atoms with E-state index in [-0.39, 0.29) is 30.4 Å². The van der Waals surface area contributed by atoms with Crippen molar-refractivity contribution in [2.24, 2.45) is 11.3 Å². The van der Waals surface area contributed by atoms with Crippen molar-refractivity contribution < 1.29 is 28.9 Å². The Morgan fingerprint density at radius 1 is 1.00 bits per heavy atom. The molecule has 166 valence electrons. The number of ether oxygens (including phenoxy) is 3. The second kappa shape index (κ2) is 13.1. The van der Waals surface area contributed by atoms with Crippen molar-refractivity contribution >= 4 is 11.9 Å². The number of carbonyl (C=O) groups excluding carboxylic acids is 2. The molecule has 0 heterocycles. The van der Waals surface area contributed by atoms with E-state index in [0.717, 1.165) is 0 Å². The SMILES string of the molecule is CCOCCOCCC[C@H](CC(=O)OC(C)(C)C)C(=O)N[C@H](CO)C(C)(C)C. The molecule has 0 saturated heterocycles. The average molecular weight is 404 g/mol. The monoisotopic (exact) mass is 403 g/mol. The number of aliphatic hydroxyl groups is 1. The maximum absolute atomic E-state index is 12.8. The number of rotatable bonds is 13. The standard InChI is InChI=1S/C21H41NO6/c1-8-26-12-13-27-11-9-10-16(14-18(24)28-21(5,6)7)19(25)22-17(15-23)20(2,3)4/h16-17,23H,8-15H2,1-7H3,(H,22,25)/t16-,17-/m1/s1. The molecule has 0 rings (SSSR count). The van der Waals surface area contributed by atoms with Gasteiger partial charge in [-0.25, -0.2) is 0 Å². The van der Waals surface area contributed by atoms with Gasteiger partial charge in [0.2, 0.25) is 5.91 Å². The number of nitrogens with one attached hydrogen (secondary N) is 1. The molecular formula is C21H41NO6. The molecule has 28 heavy (non-hydrogen) atoms. The first-order valence-electron chi connectivity index (χ1n) is 10.2. The third-order valence-electron chi connectivity index (χ3n) is 4.17. The zero-order valence-electron chi connectivity index (χ0n) is 18.8. The summed E-state index contributed by atoms with van der Waals surface area (Å²) in [7, 11) is 0. The van der Waals surface area contributed by atoms with Gasteiger partial charge in [0.15, 0.2) is 0 Å². The molecule has 0 aromatic rings. The van der Waals surface area contributed by atoms with Crippen LogP contribution in [0.3, 0.4) is 0 Å². The molecular weight excluding hydrogens is 362 g/mol. The van der Waals surface area contributed by atoms with Crippen molar-refractivity contribution in [3.8, 4) is 0 Å². The van der Waals surface area contributed by atoms with Gasteiger partial charge < -0.3 is 24.6 Å². The van der Waals surface area contributed by atoms with Gasteiger partial charge in [0, 0.05) is 19.1 Å². The van der Waals surface area contributed by atoms with Gasteiger partial charge in [-0.15, -0.1) is 0 Å². The summed E-state index contributed by atoms with van der Waals surface area (Å²) in [6.45, 7) is 15.2. The van der Waals surface area contributed by atoms with Crippen LogP contribution in [0.25, 0.3) is 0 Å². The number of hydrogen-bond donors (Lipinski definition) is 2. The number of aliphatic hydroxyl groups excluding tert-OH is 1. The number of hydrogen-bond acceptors (Lipinski definition) is 6. The summed E-state index contributed by atoms with van der Waals surface area (Å²) in [6.07, 6.45) is 1.15. The van der Waals surface area contributed by atoms with Crippen LogP contribution in [0.5, 0.6) is 0 Å². The van der Waals surface area contributed by atoms with Crippen LogP contribution in [-0.2, 0) is 23.8 Å².